The van der Waals surface area contributed by atoms with Gasteiger partial charge in [0.2, 0.25) is 0 Å². The third-order valence-electron chi connectivity index (χ3n) is 2.57. The zero-order valence-electron chi connectivity index (χ0n) is 10.3. The van der Waals surface area contributed by atoms with Crippen LogP contribution in [0.2, 0.25) is 5.02 Å². The Morgan fingerprint density at radius 1 is 1.50 bits per heavy atom. The number of halogens is 2. The zero-order chi connectivity index (χ0) is 14.9. The number of carbonyl (C=O) groups is 1. The lowest BCUT2D eigenvalue weighted by Crippen LogP contribution is -2.28. The van der Waals surface area contributed by atoms with Crippen LogP contribution >= 0.6 is 27.5 Å². The molecule has 1 aromatic heterocycles. The molecule has 0 bridgehead atoms. The topological polar surface area (TPSA) is 87.2 Å². The van der Waals surface area contributed by atoms with Crippen molar-refractivity contribution >= 4 is 39.3 Å². The monoisotopic (exact) mass is 357 g/mol. The van der Waals surface area contributed by atoms with E-state index in [4.69, 9.17) is 17.3 Å². The van der Waals surface area contributed by atoms with Crippen LogP contribution in [-0.2, 0) is 4.74 Å². The summed E-state index contributed by atoms with van der Waals surface area (Å²) >= 11 is 9.37. The summed E-state index contributed by atoms with van der Waals surface area (Å²) in [6.45, 7) is 0. The molecule has 0 amide bonds. The quantitative estimate of drug-likeness (QED) is 0.830. The third kappa shape index (κ3) is 2.41. The summed E-state index contributed by atoms with van der Waals surface area (Å²) in [7, 11) is 1.16. The molecule has 6 nitrogen and oxygen atoms in total. The van der Waals surface area contributed by atoms with Gasteiger partial charge in [0.25, 0.3) is 5.56 Å². The largest absolute Gasteiger partial charge is 0.465 e. The predicted molar refractivity (Wildman–Crippen MR) is 78.3 cm³/mol. The lowest BCUT2D eigenvalue weighted by molar-refractivity contribution is 0.0599. The van der Waals surface area contributed by atoms with Gasteiger partial charge in [-0.2, -0.15) is 0 Å². The van der Waals surface area contributed by atoms with Crippen LogP contribution in [0.5, 0.6) is 0 Å². The number of aromatic nitrogens is 2. The second-order valence-corrected chi connectivity index (χ2v) is 5.00. The molecule has 8 heteroatoms. The average molecular weight is 359 g/mol. The van der Waals surface area contributed by atoms with E-state index in [2.05, 4.69) is 25.7 Å². The number of nitrogens with two attached hydrogens (primary N) is 1. The fraction of sp³-hybridized carbons (Fsp3) is 0.0833. The molecule has 104 valence electrons. The molecule has 20 heavy (non-hydrogen) atoms. The maximum Gasteiger partial charge on any atom is 0.347 e. The number of anilines is 1. The summed E-state index contributed by atoms with van der Waals surface area (Å²) in [5.74, 6) is -1.04. The first-order valence-corrected chi connectivity index (χ1v) is 6.54. The maximum atomic E-state index is 12.4. The van der Waals surface area contributed by atoms with Crippen molar-refractivity contribution in [1.29, 1.82) is 0 Å². The van der Waals surface area contributed by atoms with Gasteiger partial charge in [-0.25, -0.2) is 9.78 Å². The molecule has 0 fully saturated rings. The molecule has 2 N–H and O–H groups in total. The summed E-state index contributed by atoms with van der Waals surface area (Å²) in [5, 5.41) is 0.323. The number of carbonyl (C=O) groups excluding carboxylic acids is 1. The molecule has 0 radical (unpaired) electrons. The highest BCUT2D eigenvalue weighted by Gasteiger charge is 2.20. The molecular formula is C12H9BrClN3O3. The van der Waals surface area contributed by atoms with Gasteiger partial charge < -0.3 is 10.5 Å². The van der Waals surface area contributed by atoms with Crippen molar-refractivity contribution in [3.05, 3.63) is 49.9 Å². The molecule has 0 spiro atoms. The zero-order valence-corrected chi connectivity index (χ0v) is 12.6. The van der Waals surface area contributed by atoms with E-state index >= 15 is 0 Å². The Morgan fingerprint density at radius 3 is 2.80 bits per heavy atom. The third-order valence-corrected chi connectivity index (χ3v) is 3.51. The van der Waals surface area contributed by atoms with E-state index in [-0.39, 0.29) is 11.4 Å². The van der Waals surface area contributed by atoms with Gasteiger partial charge in [-0.05, 0) is 28.1 Å². The normalized spacial score (nSPS) is 10.3. The van der Waals surface area contributed by atoms with Crippen molar-refractivity contribution in [2.24, 2.45) is 0 Å². The van der Waals surface area contributed by atoms with Crippen molar-refractivity contribution in [2.75, 3.05) is 12.8 Å². The van der Waals surface area contributed by atoms with E-state index in [0.29, 0.717) is 15.2 Å². The molecule has 0 saturated carbocycles. The molecule has 2 rings (SSSR count). The van der Waals surface area contributed by atoms with Crippen molar-refractivity contribution in [3.63, 3.8) is 0 Å². The molecule has 1 aromatic carbocycles. The number of methoxy groups -OCH3 is 1. The maximum absolute atomic E-state index is 12.4. The second kappa shape index (κ2) is 5.64. The average Bonchev–Trinajstić information content (AvgIpc) is 2.40. The molecular weight excluding hydrogens is 350 g/mol. The lowest BCUT2D eigenvalue weighted by atomic mass is 10.2. The second-order valence-electron chi connectivity index (χ2n) is 3.74. The molecule has 0 aliphatic rings. The van der Waals surface area contributed by atoms with Gasteiger partial charge in [-0.15, -0.1) is 0 Å². The summed E-state index contributed by atoms with van der Waals surface area (Å²) in [4.78, 5) is 27.8. The van der Waals surface area contributed by atoms with Gasteiger partial charge in [0.05, 0.1) is 17.8 Å². The number of hydrogen-bond acceptors (Lipinski definition) is 5. The summed E-state index contributed by atoms with van der Waals surface area (Å²) in [6.07, 6.45) is 1.20. The van der Waals surface area contributed by atoms with E-state index < -0.39 is 11.5 Å². The van der Waals surface area contributed by atoms with Crippen LogP contribution < -0.4 is 11.3 Å². The Morgan fingerprint density at radius 2 is 2.20 bits per heavy atom. The predicted octanol–water partition coefficient (Wildman–Crippen LogP) is 2.02. The summed E-state index contributed by atoms with van der Waals surface area (Å²) in [6, 6.07) is 5.04. The molecule has 0 saturated heterocycles. The van der Waals surface area contributed by atoms with Crippen molar-refractivity contribution in [2.45, 2.75) is 0 Å². The first-order valence-electron chi connectivity index (χ1n) is 5.37. The van der Waals surface area contributed by atoms with Crippen LogP contribution in [0.1, 0.15) is 10.4 Å². The van der Waals surface area contributed by atoms with Crippen LogP contribution in [0.3, 0.4) is 0 Å². The van der Waals surface area contributed by atoms with Gasteiger partial charge in [-0.1, -0.05) is 17.7 Å². The van der Waals surface area contributed by atoms with Crippen LogP contribution in [-0.4, -0.2) is 22.6 Å². The number of benzene rings is 1. The molecule has 0 unspecified atom stereocenters. The minimum Gasteiger partial charge on any atom is -0.465 e. The number of hydrogen-bond donors (Lipinski definition) is 1. The van der Waals surface area contributed by atoms with Crippen molar-refractivity contribution < 1.29 is 9.53 Å². The highest BCUT2D eigenvalue weighted by atomic mass is 79.9. The van der Waals surface area contributed by atoms with E-state index in [9.17, 15) is 9.59 Å². The van der Waals surface area contributed by atoms with E-state index in [1.165, 1.54) is 6.33 Å². The summed E-state index contributed by atoms with van der Waals surface area (Å²) < 4.78 is 6.24. The molecule has 0 aliphatic carbocycles. The molecule has 2 aromatic rings. The number of para-hydroxylation sites is 1. The molecule has 1 heterocycles. The first kappa shape index (κ1) is 14.5. The highest BCUT2D eigenvalue weighted by Crippen LogP contribution is 2.27. The highest BCUT2D eigenvalue weighted by molar-refractivity contribution is 9.10. The minimum atomic E-state index is -0.850. The smallest absolute Gasteiger partial charge is 0.347 e. The number of esters is 1. The fourth-order valence-corrected chi connectivity index (χ4v) is 2.58. The Kier molecular flexibility index (Phi) is 4.10. The van der Waals surface area contributed by atoms with Gasteiger partial charge in [0.1, 0.15) is 12.1 Å². The molecule has 0 aliphatic heterocycles. The Balaban J connectivity index is 2.78. The standard InChI is InChI=1S/C12H9BrClN3O3/c1-20-12(19)8-10(15)16-5-17(11(8)18)9-6(13)3-2-4-7(9)14/h2-5H,15H2,1H3. The van der Waals surface area contributed by atoms with Crippen LogP contribution in [0.4, 0.5) is 5.82 Å². The van der Waals surface area contributed by atoms with Gasteiger partial charge in [0.15, 0.2) is 5.56 Å². The van der Waals surface area contributed by atoms with Crippen LogP contribution in [0.15, 0.2) is 33.8 Å². The van der Waals surface area contributed by atoms with E-state index in [1.54, 1.807) is 18.2 Å². The van der Waals surface area contributed by atoms with Gasteiger partial charge in [-0.3, -0.25) is 9.36 Å². The number of nitrogen functional groups attached to an aromatic ring is 1. The molecule has 0 atom stereocenters. The Bertz CT molecular complexity index is 725. The Hall–Kier alpha value is -1.86. The minimum absolute atomic E-state index is 0.193. The van der Waals surface area contributed by atoms with E-state index in [1.807, 2.05) is 0 Å². The van der Waals surface area contributed by atoms with Crippen molar-refractivity contribution in [1.82, 2.24) is 9.55 Å². The SMILES string of the molecule is COC(=O)c1c(N)ncn(-c2c(Cl)cccc2Br)c1=O. The lowest BCUT2D eigenvalue weighted by Gasteiger charge is -2.11. The first-order chi connectivity index (χ1) is 9.47. The fourth-order valence-electron chi connectivity index (χ4n) is 1.64. The Labute approximate surface area is 127 Å². The van der Waals surface area contributed by atoms with Crippen molar-refractivity contribution in [3.8, 4) is 5.69 Å². The van der Waals surface area contributed by atoms with E-state index in [0.717, 1.165) is 11.7 Å². The number of nitrogens with zero attached hydrogens (tertiary/aromatic N) is 2. The van der Waals surface area contributed by atoms with Gasteiger partial charge >= 0.3 is 5.97 Å². The number of ether oxygens (including phenoxy) is 1. The van der Waals surface area contributed by atoms with Gasteiger partial charge in [0, 0.05) is 4.47 Å². The van der Waals surface area contributed by atoms with Crippen LogP contribution in [0.25, 0.3) is 5.69 Å². The summed E-state index contributed by atoms with van der Waals surface area (Å²) in [5.41, 5.74) is 4.94. The number of rotatable bonds is 2. The van der Waals surface area contributed by atoms with Crippen LogP contribution in [0, 0.1) is 0 Å².